The van der Waals surface area contributed by atoms with Crippen LogP contribution in [0.3, 0.4) is 0 Å². The molecule has 0 aromatic carbocycles. The van der Waals surface area contributed by atoms with Gasteiger partial charge in [-0.1, -0.05) is 13.8 Å². The second-order valence-electron chi connectivity index (χ2n) is 5.14. The van der Waals surface area contributed by atoms with Crippen LogP contribution in [0.15, 0.2) is 6.07 Å². The third-order valence-electron chi connectivity index (χ3n) is 3.11. The molecule has 3 N–H and O–H groups in total. The molecule has 6 nitrogen and oxygen atoms in total. The monoisotopic (exact) mass is 297 g/mol. The average Bonchev–Trinajstić information content (AvgIpc) is 2.69. The van der Waals surface area contributed by atoms with E-state index in [-0.39, 0.29) is 11.7 Å². The second-order valence-corrected chi connectivity index (χ2v) is 7.02. The largest absolute Gasteiger partial charge is 0.477 e. The highest BCUT2D eigenvalue weighted by molar-refractivity contribution is 8.00. The minimum atomic E-state index is -1.08. The number of hydrogen-bond acceptors (Lipinski definition) is 3. The van der Waals surface area contributed by atoms with Crippen LogP contribution in [0.5, 0.6) is 0 Å². The van der Waals surface area contributed by atoms with Crippen LogP contribution in [0.4, 0.5) is 10.5 Å². The first-order chi connectivity index (χ1) is 9.36. The van der Waals surface area contributed by atoms with E-state index in [2.05, 4.69) is 24.1 Å². The number of rotatable bonds is 2. The molecule has 2 rings (SSSR count). The van der Waals surface area contributed by atoms with Crippen LogP contribution in [0.2, 0.25) is 0 Å². The summed E-state index contributed by atoms with van der Waals surface area (Å²) in [6.07, 6.45) is 0. The van der Waals surface area contributed by atoms with E-state index < -0.39 is 5.97 Å². The summed E-state index contributed by atoms with van der Waals surface area (Å²) in [4.78, 5) is 27.8. The summed E-state index contributed by atoms with van der Waals surface area (Å²) in [6.45, 7) is 7.27. The molecule has 0 radical (unpaired) electrons. The Morgan fingerprint density at radius 3 is 2.55 bits per heavy atom. The number of aromatic nitrogens is 1. The van der Waals surface area contributed by atoms with Gasteiger partial charge in [0.25, 0.3) is 0 Å². The smallest absolute Gasteiger partial charge is 0.354 e. The minimum absolute atomic E-state index is 0.0170. The summed E-state index contributed by atoms with van der Waals surface area (Å²) >= 11 is 1.86. The number of hydrogen-bond donors (Lipinski definition) is 3. The van der Waals surface area contributed by atoms with E-state index in [9.17, 15) is 9.59 Å². The maximum absolute atomic E-state index is 12.2. The highest BCUT2D eigenvalue weighted by Gasteiger charge is 2.27. The number of aromatic carboxylic acids is 1. The molecule has 1 aromatic rings. The van der Waals surface area contributed by atoms with E-state index in [1.54, 1.807) is 17.9 Å². The van der Waals surface area contributed by atoms with E-state index in [1.165, 1.54) is 0 Å². The van der Waals surface area contributed by atoms with Gasteiger partial charge in [-0.25, -0.2) is 9.59 Å². The van der Waals surface area contributed by atoms with Crippen molar-refractivity contribution in [1.29, 1.82) is 0 Å². The topological polar surface area (TPSA) is 85.4 Å². The number of anilines is 1. The van der Waals surface area contributed by atoms with E-state index in [1.807, 2.05) is 11.8 Å². The molecule has 1 saturated heterocycles. The second kappa shape index (κ2) is 5.78. The zero-order valence-corrected chi connectivity index (χ0v) is 12.6. The summed E-state index contributed by atoms with van der Waals surface area (Å²) in [5, 5.41) is 12.5. The number of nitrogens with one attached hydrogen (secondary N) is 2. The highest BCUT2D eigenvalue weighted by Crippen LogP contribution is 2.25. The molecule has 0 bridgehead atoms. The SMILES string of the molecule is Cc1cc(NC(=O)N2CC(C)SC(C)C2)c(C(=O)O)[nH]1. The van der Waals surface area contributed by atoms with Gasteiger partial charge in [0.2, 0.25) is 0 Å². The first kappa shape index (κ1) is 14.8. The van der Waals surface area contributed by atoms with Crippen LogP contribution in [0, 0.1) is 6.92 Å². The van der Waals surface area contributed by atoms with Crippen LogP contribution >= 0.6 is 11.8 Å². The molecule has 2 heterocycles. The number of thioether (sulfide) groups is 1. The number of carbonyl (C=O) groups excluding carboxylic acids is 1. The molecule has 2 unspecified atom stereocenters. The van der Waals surface area contributed by atoms with Crippen molar-refractivity contribution >= 4 is 29.4 Å². The van der Waals surface area contributed by atoms with Crippen LogP contribution in [0.1, 0.15) is 30.0 Å². The zero-order valence-electron chi connectivity index (χ0n) is 11.8. The Labute approximate surface area is 121 Å². The van der Waals surface area contributed by atoms with Crippen molar-refractivity contribution < 1.29 is 14.7 Å². The van der Waals surface area contributed by atoms with Crippen molar-refractivity contribution in [3.63, 3.8) is 0 Å². The molecule has 0 saturated carbocycles. The predicted molar refractivity (Wildman–Crippen MR) is 79.6 cm³/mol. The van der Waals surface area contributed by atoms with Crippen molar-refractivity contribution in [1.82, 2.24) is 9.88 Å². The molecule has 1 fully saturated rings. The van der Waals surface area contributed by atoms with Gasteiger partial charge in [-0.3, -0.25) is 0 Å². The maximum atomic E-state index is 12.2. The molecule has 1 aromatic heterocycles. The first-order valence-corrected chi connectivity index (χ1v) is 7.45. The Bertz CT molecular complexity index is 519. The van der Waals surface area contributed by atoms with Crippen LogP contribution in [-0.2, 0) is 0 Å². The van der Waals surface area contributed by atoms with Crippen LogP contribution < -0.4 is 5.32 Å². The van der Waals surface area contributed by atoms with Crippen LogP contribution in [-0.4, -0.2) is 50.6 Å². The number of aromatic amines is 1. The lowest BCUT2D eigenvalue weighted by molar-refractivity contribution is 0.0692. The van der Waals surface area contributed by atoms with E-state index in [4.69, 9.17) is 5.11 Å². The molecule has 2 atom stereocenters. The number of nitrogens with zero attached hydrogens (tertiary/aromatic N) is 1. The Morgan fingerprint density at radius 2 is 2.00 bits per heavy atom. The molecular formula is C13H19N3O3S. The van der Waals surface area contributed by atoms with E-state index in [0.717, 1.165) is 0 Å². The number of aryl methyl sites for hydroxylation is 1. The Hall–Kier alpha value is -1.63. The molecule has 0 aliphatic carbocycles. The number of carboxylic acids is 1. The summed E-state index contributed by atoms with van der Waals surface area (Å²) < 4.78 is 0. The molecule has 110 valence electrons. The molecule has 1 aliphatic rings. The molecule has 20 heavy (non-hydrogen) atoms. The van der Waals surface area contributed by atoms with Crippen molar-refractivity contribution in [3.05, 3.63) is 17.5 Å². The third kappa shape index (κ3) is 3.27. The van der Waals surface area contributed by atoms with Crippen molar-refractivity contribution in [3.8, 4) is 0 Å². The molecule has 7 heteroatoms. The molecule has 2 amide bonds. The number of carboxylic acid groups (broad SMARTS) is 1. The molecule has 0 spiro atoms. The average molecular weight is 297 g/mol. The Morgan fingerprint density at radius 1 is 1.40 bits per heavy atom. The predicted octanol–water partition coefficient (Wildman–Crippen LogP) is 2.38. The van der Waals surface area contributed by atoms with Gasteiger partial charge in [0.15, 0.2) is 0 Å². The van der Waals surface area contributed by atoms with Crippen LogP contribution in [0.25, 0.3) is 0 Å². The molecule has 1 aliphatic heterocycles. The van der Waals surface area contributed by atoms with Gasteiger partial charge in [0.1, 0.15) is 5.69 Å². The Kier molecular flexibility index (Phi) is 4.27. The van der Waals surface area contributed by atoms with Gasteiger partial charge in [0.05, 0.1) is 5.69 Å². The fraction of sp³-hybridized carbons (Fsp3) is 0.538. The zero-order chi connectivity index (χ0) is 14.9. The van der Waals surface area contributed by atoms with E-state index >= 15 is 0 Å². The maximum Gasteiger partial charge on any atom is 0.354 e. The summed E-state index contributed by atoms with van der Waals surface area (Å²) in [6, 6.07) is 1.39. The lowest BCUT2D eigenvalue weighted by Crippen LogP contribution is -2.46. The van der Waals surface area contributed by atoms with Gasteiger partial charge < -0.3 is 20.3 Å². The van der Waals surface area contributed by atoms with Gasteiger partial charge in [0, 0.05) is 29.3 Å². The normalized spacial score (nSPS) is 22.6. The number of amides is 2. The minimum Gasteiger partial charge on any atom is -0.477 e. The van der Waals surface area contributed by atoms with Gasteiger partial charge in [-0.05, 0) is 13.0 Å². The highest BCUT2D eigenvalue weighted by atomic mass is 32.2. The quantitative estimate of drug-likeness (QED) is 0.782. The lowest BCUT2D eigenvalue weighted by atomic mass is 10.3. The summed E-state index contributed by atoms with van der Waals surface area (Å²) in [5.41, 5.74) is 1.04. The van der Waals surface area contributed by atoms with Crippen molar-refractivity contribution in [2.45, 2.75) is 31.3 Å². The number of urea groups is 1. The fourth-order valence-corrected chi connectivity index (χ4v) is 3.72. The van der Waals surface area contributed by atoms with Gasteiger partial charge >= 0.3 is 12.0 Å². The summed E-state index contributed by atoms with van der Waals surface area (Å²) in [5.74, 6) is -1.08. The number of H-pyrrole nitrogens is 1. The van der Waals surface area contributed by atoms with Crippen molar-refractivity contribution in [2.24, 2.45) is 0 Å². The lowest BCUT2D eigenvalue weighted by Gasteiger charge is -2.34. The molecular weight excluding hydrogens is 278 g/mol. The van der Waals surface area contributed by atoms with Gasteiger partial charge in [-0.2, -0.15) is 11.8 Å². The summed E-state index contributed by atoms with van der Waals surface area (Å²) in [7, 11) is 0. The first-order valence-electron chi connectivity index (χ1n) is 6.51. The number of carbonyl (C=O) groups is 2. The fourth-order valence-electron chi connectivity index (χ4n) is 2.39. The van der Waals surface area contributed by atoms with Crippen molar-refractivity contribution in [2.75, 3.05) is 18.4 Å². The Balaban J connectivity index is 2.10. The van der Waals surface area contributed by atoms with Gasteiger partial charge in [-0.15, -0.1) is 0 Å². The van der Waals surface area contributed by atoms with E-state index in [0.29, 0.717) is 35.0 Å². The standard InChI is InChI=1S/C13H19N3O3S/c1-7-4-10(11(14-7)12(17)18)15-13(19)16-5-8(2)20-9(3)6-16/h4,8-9,14H,5-6H2,1-3H3,(H,15,19)(H,17,18). The third-order valence-corrected chi connectivity index (χ3v) is 4.34.